The van der Waals surface area contributed by atoms with Gasteiger partial charge in [-0.25, -0.2) is 4.98 Å². The van der Waals surface area contributed by atoms with Crippen molar-refractivity contribution in [3.63, 3.8) is 0 Å². The highest BCUT2D eigenvalue weighted by Gasteiger charge is 2.10. The van der Waals surface area contributed by atoms with E-state index >= 15 is 0 Å². The average Bonchev–Trinajstić information content (AvgIpc) is 3.04. The molecule has 0 amide bonds. The van der Waals surface area contributed by atoms with E-state index < -0.39 is 5.97 Å². The Bertz CT molecular complexity index is 758. The van der Waals surface area contributed by atoms with Crippen LogP contribution in [-0.2, 0) is 11.2 Å². The number of carboxylic acid groups (broad SMARTS) is 1. The quantitative estimate of drug-likeness (QED) is 0.538. The summed E-state index contributed by atoms with van der Waals surface area (Å²) in [6.07, 6.45) is 2.19. The predicted molar refractivity (Wildman–Crippen MR) is 93.4 cm³/mol. The van der Waals surface area contributed by atoms with E-state index in [1.807, 2.05) is 20.8 Å². The van der Waals surface area contributed by atoms with Gasteiger partial charge in [-0.3, -0.25) is 5.10 Å². The van der Waals surface area contributed by atoms with Gasteiger partial charge in [-0.1, -0.05) is 13.0 Å². The van der Waals surface area contributed by atoms with Crippen molar-refractivity contribution in [1.29, 1.82) is 0 Å². The molecule has 2 rings (SSSR count). The normalized spacial score (nSPS) is 11.4. The van der Waals surface area contributed by atoms with Crippen molar-refractivity contribution >= 4 is 23.8 Å². The van der Waals surface area contributed by atoms with Gasteiger partial charge in [0.25, 0.3) is 0 Å². The Labute approximate surface area is 150 Å². The molecule has 0 bridgehead atoms. The van der Waals surface area contributed by atoms with Gasteiger partial charge in [0.2, 0.25) is 5.16 Å². The SMILES string of the molecule is CCOc1ccc(/C=C(\Sc2n[nH]c(CC)n2)C(=O)[O-])cc1OCC. The van der Waals surface area contributed by atoms with E-state index in [9.17, 15) is 9.90 Å². The maximum Gasteiger partial charge on any atom is 0.213 e. The topological polar surface area (TPSA) is 100 Å². The number of nitrogens with one attached hydrogen (secondary N) is 1. The zero-order valence-corrected chi connectivity index (χ0v) is 15.2. The predicted octanol–water partition coefficient (Wildman–Crippen LogP) is 2.05. The molecule has 1 heterocycles. The molecular formula is C17H20N3O4S-. The molecule has 0 radical (unpaired) electrons. The molecule has 0 saturated carbocycles. The van der Waals surface area contributed by atoms with Crippen LogP contribution < -0.4 is 14.6 Å². The van der Waals surface area contributed by atoms with Crippen LogP contribution in [0.15, 0.2) is 28.3 Å². The van der Waals surface area contributed by atoms with Crippen LogP contribution >= 0.6 is 11.8 Å². The number of H-pyrrole nitrogens is 1. The second-order valence-corrected chi connectivity index (χ2v) is 5.90. The third-order valence-electron chi connectivity index (χ3n) is 3.11. The number of nitrogens with zero attached hydrogens (tertiary/aromatic N) is 2. The molecule has 1 aromatic carbocycles. The van der Waals surface area contributed by atoms with Crippen molar-refractivity contribution in [2.75, 3.05) is 13.2 Å². The summed E-state index contributed by atoms with van der Waals surface area (Å²) >= 11 is 0.935. The van der Waals surface area contributed by atoms with E-state index in [1.54, 1.807) is 18.2 Å². The van der Waals surface area contributed by atoms with Crippen LogP contribution in [0.25, 0.3) is 6.08 Å². The minimum absolute atomic E-state index is 0.00765. The summed E-state index contributed by atoms with van der Waals surface area (Å²) in [4.78, 5) is 15.6. The van der Waals surface area contributed by atoms with E-state index in [-0.39, 0.29) is 4.91 Å². The van der Waals surface area contributed by atoms with Crippen LogP contribution in [0.1, 0.15) is 32.2 Å². The lowest BCUT2D eigenvalue weighted by Crippen LogP contribution is -2.23. The number of carbonyl (C=O) groups excluding carboxylic acids is 1. The lowest BCUT2D eigenvalue weighted by molar-refractivity contribution is -0.297. The highest BCUT2D eigenvalue weighted by Crippen LogP contribution is 2.31. The number of carbonyl (C=O) groups is 1. The van der Waals surface area contributed by atoms with Crippen molar-refractivity contribution in [3.8, 4) is 11.5 Å². The summed E-state index contributed by atoms with van der Waals surface area (Å²) in [5.74, 6) is 0.581. The van der Waals surface area contributed by atoms with Gasteiger partial charge in [0.05, 0.1) is 19.2 Å². The van der Waals surface area contributed by atoms with E-state index in [2.05, 4.69) is 15.2 Å². The Morgan fingerprint density at radius 3 is 2.56 bits per heavy atom. The molecule has 134 valence electrons. The molecule has 0 unspecified atom stereocenters. The van der Waals surface area contributed by atoms with Gasteiger partial charge in [-0.2, -0.15) is 0 Å². The number of benzene rings is 1. The summed E-state index contributed by atoms with van der Waals surface area (Å²) in [7, 11) is 0. The Kier molecular flexibility index (Phi) is 6.88. The molecule has 7 nitrogen and oxygen atoms in total. The van der Waals surface area contributed by atoms with E-state index in [4.69, 9.17) is 9.47 Å². The highest BCUT2D eigenvalue weighted by molar-refractivity contribution is 8.04. The zero-order chi connectivity index (χ0) is 18.2. The van der Waals surface area contributed by atoms with E-state index in [0.717, 1.165) is 11.8 Å². The highest BCUT2D eigenvalue weighted by atomic mass is 32.2. The number of hydrogen-bond acceptors (Lipinski definition) is 7. The molecule has 2 aromatic rings. The molecule has 0 atom stereocenters. The molecule has 0 aliphatic carbocycles. The molecular weight excluding hydrogens is 342 g/mol. The minimum Gasteiger partial charge on any atom is -0.544 e. The average molecular weight is 362 g/mol. The Hall–Kier alpha value is -2.48. The van der Waals surface area contributed by atoms with Crippen molar-refractivity contribution < 1.29 is 19.4 Å². The molecule has 0 saturated heterocycles. The summed E-state index contributed by atoms with van der Waals surface area (Å²) in [6.45, 7) is 6.68. The number of hydrogen-bond donors (Lipinski definition) is 1. The lowest BCUT2D eigenvalue weighted by Gasteiger charge is -2.12. The van der Waals surface area contributed by atoms with Crippen LogP contribution in [0.3, 0.4) is 0 Å². The van der Waals surface area contributed by atoms with Crippen molar-refractivity contribution in [2.24, 2.45) is 0 Å². The summed E-state index contributed by atoms with van der Waals surface area (Å²) in [5, 5.41) is 18.5. The largest absolute Gasteiger partial charge is 0.544 e. The van der Waals surface area contributed by atoms with Crippen molar-refractivity contribution in [2.45, 2.75) is 32.3 Å². The van der Waals surface area contributed by atoms with Gasteiger partial charge in [-0.15, -0.1) is 5.10 Å². The zero-order valence-electron chi connectivity index (χ0n) is 14.4. The molecule has 0 fully saturated rings. The van der Waals surface area contributed by atoms with Gasteiger partial charge in [0.1, 0.15) is 5.82 Å². The van der Waals surface area contributed by atoms with Crippen LogP contribution in [0.2, 0.25) is 0 Å². The van der Waals surface area contributed by atoms with Gasteiger partial charge in [0.15, 0.2) is 11.5 Å². The summed E-state index contributed by atoms with van der Waals surface area (Å²) in [5.41, 5.74) is 0.657. The number of thioether (sulfide) groups is 1. The third kappa shape index (κ3) is 5.25. The fourth-order valence-electron chi connectivity index (χ4n) is 2.02. The second kappa shape index (κ2) is 9.12. The summed E-state index contributed by atoms with van der Waals surface area (Å²) in [6, 6.07) is 5.24. The number of aliphatic carboxylic acids is 1. The van der Waals surface area contributed by atoms with Crippen molar-refractivity contribution in [3.05, 3.63) is 34.5 Å². The standard InChI is InChI=1S/C17H21N3O4S/c1-4-15-18-17(20-19-15)25-14(16(21)22)10-11-7-8-12(23-5-2)13(9-11)24-6-3/h7-10H,4-6H2,1-3H3,(H,21,22)(H,18,19,20)/p-1/b14-10-. The van der Waals surface area contributed by atoms with Gasteiger partial charge >= 0.3 is 0 Å². The maximum atomic E-state index is 11.4. The minimum atomic E-state index is -1.29. The number of carboxylic acids is 1. The molecule has 1 N–H and O–H groups in total. The second-order valence-electron chi connectivity index (χ2n) is 4.89. The van der Waals surface area contributed by atoms with Gasteiger partial charge in [0, 0.05) is 11.3 Å². The molecule has 8 heteroatoms. The molecule has 0 spiro atoms. The Balaban J connectivity index is 2.29. The fourth-order valence-corrected chi connectivity index (χ4v) is 2.74. The van der Waals surface area contributed by atoms with Crippen LogP contribution in [0.5, 0.6) is 11.5 Å². The molecule has 0 aliphatic rings. The molecule has 0 aliphatic heterocycles. The van der Waals surface area contributed by atoms with Crippen LogP contribution in [-0.4, -0.2) is 34.4 Å². The number of aromatic amines is 1. The van der Waals surface area contributed by atoms with Crippen molar-refractivity contribution in [1.82, 2.24) is 15.2 Å². The Morgan fingerprint density at radius 2 is 1.96 bits per heavy atom. The fraction of sp³-hybridized carbons (Fsp3) is 0.353. The smallest absolute Gasteiger partial charge is 0.213 e. The number of aryl methyl sites for hydroxylation is 1. The first-order valence-corrected chi connectivity index (χ1v) is 8.80. The molecule has 25 heavy (non-hydrogen) atoms. The summed E-state index contributed by atoms with van der Waals surface area (Å²) < 4.78 is 11.1. The first-order chi connectivity index (χ1) is 12.1. The third-order valence-corrected chi connectivity index (χ3v) is 3.98. The first-order valence-electron chi connectivity index (χ1n) is 7.99. The maximum absolute atomic E-state index is 11.4. The van der Waals surface area contributed by atoms with Gasteiger partial charge in [-0.05, 0) is 49.4 Å². The number of ether oxygens (including phenoxy) is 2. The monoisotopic (exact) mass is 362 g/mol. The number of aromatic nitrogens is 3. The van der Waals surface area contributed by atoms with Gasteiger partial charge < -0.3 is 19.4 Å². The van der Waals surface area contributed by atoms with Crippen LogP contribution in [0.4, 0.5) is 0 Å². The lowest BCUT2D eigenvalue weighted by atomic mass is 10.2. The van der Waals surface area contributed by atoms with E-state index in [1.165, 1.54) is 6.08 Å². The first kappa shape index (κ1) is 18.9. The molecule has 1 aromatic heterocycles. The van der Waals surface area contributed by atoms with Crippen LogP contribution in [0, 0.1) is 0 Å². The number of rotatable bonds is 9. The van der Waals surface area contributed by atoms with E-state index in [0.29, 0.717) is 47.7 Å². The Morgan fingerprint density at radius 1 is 1.24 bits per heavy atom.